The van der Waals surface area contributed by atoms with Crippen LogP contribution in [0.5, 0.6) is 5.75 Å². The number of hydrogen-bond acceptors (Lipinski definition) is 4. The Labute approximate surface area is 124 Å². The summed E-state index contributed by atoms with van der Waals surface area (Å²) in [5.41, 5.74) is 1.74. The van der Waals surface area contributed by atoms with Gasteiger partial charge in [-0.05, 0) is 24.1 Å². The van der Waals surface area contributed by atoms with Crippen molar-refractivity contribution >= 4 is 17.5 Å². The lowest BCUT2D eigenvalue weighted by Gasteiger charge is -2.18. The topological polar surface area (TPSA) is 79.5 Å². The number of fused-ring (bicyclic) bond motifs is 1. The third-order valence-electron chi connectivity index (χ3n) is 3.11. The quantitative estimate of drug-likeness (QED) is 0.655. The second-order valence-corrected chi connectivity index (χ2v) is 4.94. The molecule has 1 aliphatic rings. The van der Waals surface area contributed by atoms with E-state index in [0.717, 1.165) is 18.5 Å². The lowest BCUT2D eigenvalue weighted by atomic mass is 10.1. The third-order valence-corrected chi connectivity index (χ3v) is 3.11. The predicted octanol–water partition coefficient (Wildman–Crippen LogP) is 1.02. The molecule has 114 valence electrons. The van der Waals surface area contributed by atoms with Crippen molar-refractivity contribution in [3.63, 3.8) is 0 Å². The minimum Gasteiger partial charge on any atom is -0.482 e. The molecule has 0 spiro atoms. The molecule has 0 aliphatic carbocycles. The van der Waals surface area contributed by atoms with Gasteiger partial charge in [-0.25, -0.2) is 0 Å². The Bertz CT molecular complexity index is 517. The second kappa shape index (κ2) is 7.64. The highest BCUT2D eigenvalue weighted by Gasteiger charge is 2.15. The first-order valence-corrected chi connectivity index (χ1v) is 7.22. The molecule has 2 amide bonds. The zero-order valence-corrected chi connectivity index (χ0v) is 12.2. The standard InChI is InChI=1S/C15H21N3O3/c1-2-6-17-14(19)5-7-16-9-11-3-4-13-12(8-11)18-15(20)10-21-13/h3-4,8,16H,2,5-7,9-10H2,1H3,(H,17,19)(H,18,20). The smallest absolute Gasteiger partial charge is 0.262 e. The van der Waals surface area contributed by atoms with E-state index in [1.807, 2.05) is 25.1 Å². The fourth-order valence-electron chi connectivity index (χ4n) is 2.03. The number of amides is 2. The molecule has 0 bridgehead atoms. The first-order chi connectivity index (χ1) is 10.2. The molecular weight excluding hydrogens is 270 g/mol. The Morgan fingerprint density at radius 2 is 2.24 bits per heavy atom. The Morgan fingerprint density at radius 1 is 1.38 bits per heavy atom. The van der Waals surface area contributed by atoms with E-state index in [9.17, 15) is 9.59 Å². The number of carbonyl (C=O) groups excluding carboxylic acids is 2. The average Bonchev–Trinajstić information content (AvgIpc) is 2.49. The van der Waals surface area contributed by atoms with Crippen LogP contribution < -0.4 is 20.7 Å². The van der Waals surface area contributed by atoms with Gasteiger partial charge in [-0.2, -0.15) is 0 Å². The molecule has 1 aromatic carbocycles. The zero-order chi connectivity index (χ0) is 15.1. The van der Waals surface area contributed by atoms with Gasteiger partial charge in [-0.1, -0.05) is 13.0 Å². The van der Waals surface area contributed by atoms with Crippen LogP contribution in [0.25, 0.3) is 0 Å². The largest absolute Gasteiger partial charge is 0.482 e. The lowest BCUT2D eigenvalue weighted by Crippen LogP contribution is -2.28. The Balaban J connectivity index is 1.75. The van der Waals surface area contributed by atoms with Crippen LogP contribution in [0.3, 0.4) is 0 Å². The van der Waals surface area contributed by atoms with Crippen LogP contribution in [0.15, 0.2) is 18.2 Å². The maximum Gasteiger partial charge on any atom is 0.262 e. The Hall–Kier alpha value is -2.08. The third kappa shape index (κ3) is 4.75. The fourth-order valence-corrected chi connectivity index (χ4v) is 2.03. The van der Waals surface area contributed by atoms with E-state index in [1.165, 1.54) is 0 Å². The van der Waals surface area contributed by atoms with Crippen LogP contribution in [-0.2, 0) is 16.1 Å². The van der Waals surface area contributed by atoms with Crippen molar-refractivity contribution in [2.24, 2.45) is 0 Å². The molecular formula is C15H21N3O3. The van der Waals surface area contributed by atoms with E-state index in [-0.39, 0.29) is 18.4 Å². The van der Waals surface area contributed by atoms with Crippen LogP contribution in [-0.4, -0.2) is 31.5 Å². The van der Waals surface area contributed by atoms with Crippen molar-refractivity contribution in [2.45, 2.75) is 26.3 Å². The van der Waals surface area contributed by atoms with Gasteiger partial charge in [-0.15, -0.1) is 0 Å². The molecule has 1 aromatic rings. The molecule has 2 rings (SSSR count). The summed E-state index contributed by atoms with van der Waals surface area (Å²) in [5, 5.41) is 8.82. The molecule has 0 saturated heterocycles. The number of carbonyl (C=O) groups is 2. The van der Waals surface area contributed by atoms with E-state index < -0.39 is 0 Å². The summed E-state index contributed by atoms with van der Waals surface area (Å²) in [5.74, 6) is 0.618. The molecule has 0 aromatic heterocycles. The van der Waals surface area contributed by atoms with Gasteiger partial charge in [0, 0.05) is 26.1 Å². The van der Waals surface area contributed by atoms with Crippen molar-refractivity contribution < 1.29 is 14.3 Å². The number of ether oxygens (including phenoxy) is 1. The summed E-state index contributed by atoms with van der Waals surface area (Å²) in [6, 6.07) is 5.68. The molecule has 6 nitrogen and oxygen atoms in total. The maximum absolute atomic E-state index is 11.4. The van der Waals surface area contributed by atoms with Gasteiger partial charge in [0.2, 0.25) is 5.91 Å². The highest BCUT2D eigenvalue weighted by molar-refractivity contribution is 5.95. The summed E-state index contributed by atoms with van der Waals surface area (Å²) in [4.78, 5) is 22.7. The van der Waals surface area contributed by atoms with Gasteiger partial charge in [0.05, 0.1) is 5.69 Å². The van der Waals surface area contributed by atoms with Crippen molar-refractivity contribution in [3.8, 4) is 5.75 Å². The summed E-state index contributed by atoms with van der Waals surface area (Å²) < 4.78 is 5.30. The fraction of sp³-hybridized carbons (Fsp3) is 0.467. The van der Waals surface area contributed by atoms with Gasteiger partial charge in [0.25, 0.3) is 5.91 Å². The average molecular weight is 291 g/mol. The number of rotatable bonds is 7. The van der Waals surface area contributed by atoms with Crippen molar-refractivity contribution in [1.29, 1.82) is 0 Å². The summed E-state index contributed by atoms with van der Waals surface area (Å²) >= 11 is 0. The van der Waals surface area contributed by atoms with Crippen molar-refractivity contribution in [3.05, 3.63) is 23.8 Å². The number of anilines is 1. The molecule has 0 radical (unpaired) electrons. The van der Waals surface area contributed by atoms with E-state index in [1.54, 1.807) is 0 Å². The van der Waals surface area contributed by atoms with E-state index >= 15 is 0 Å². The Kier molecular flexibility index (Phi) is 5.57. The van der Waals surface area contributed by atoms with E-state index in [2.05, 4.69) is 16.0 Å². The van der Waals surface area contributed by atoms with Gasteiger partial charge >= 0.3 is 0 Å². The first-order valence-electron chi connectivity index (χ1n) is 7.22. The number of nitrogens with one attached hydrogen (secondary N) is 3. The van der Waals surface area contributed by atoms with Crippen LogP contribution >= 0.6 is 0 Å². The van der Waals surface area contributed by atoms with Crippen LogP contribution in [0.1, 0.15) is 25.3 Å². The van der Waals surface area contributed by atoms with Crippen LogP contribution in [0, 0.1) is 0 Å². The summed E-state index contributed by atoms with van der Waals surface area (Å²) in [7, 11) is 0. The summed E-state index contributed by atoms with van der Waals surface area (Å²) in [6.45, 7) is 4.08. The molecule has 0 atom stereocenters. The highest BCUT2D eigenvalue weighted by atomic mass is 16.5. The van der Waals surface area contributed by atoms with E-state index in [4.69, 9.17) is 4.74 Å². The monoisotopic (exact) mass is 291 g/mol. The minimum atomic E-state index is -0.139. The highest BCUT2D eigenvalue weighted by Crippen LogP contribution is 2.28. The van der Waals surface area contributed by atoms with E-state index in [0.29, 0.717) is 30.9 Å². The Morgan fingerprint density at radius 3 is 3.05 bits per heavy atom. The molecule has 1 aliphatic heterocycles. The zero-order valence-electron chi connectivity index (χ0n) is 12.2. The lowest BCUT2D eigenvalue weighted by molar-refractivity contribution is -0.121. The SMILES string of the molecule is CCCNC(=O)CCNCc1ccc2c(c1)NC(=O)CO2. The molecule has 0 unspecified atom stereocenters. The van der Waals surface area contributed by atoms with Gasteiger partial charge < -0.3 is 20.7 Å². The van der Waals surface area contributed by atoms with Crippen LogP contribution in [0.4, 0.5) is 5.69 Å². The first kappa shape index (κ1) is 15.3. The van der Waals surface area contributed by atoms with Crippen molar-refractivity contribution in [1.82, 2.24) is 10.6 Å². The molecule has 1 heterocycles. The van der Waals surface area contributed by atoms with Gasteiger partial charge in [0.1, 0.15) is 5.75 Å². The maximum atomic E-state index is 11.4. The molecule has 6 heteroatoms. The molecule has 3 N–H and O–H groups in total. The van der Waals surface area contributed by atoms with Crippen LogP contribution in [0.2, 0.25) is 0 Å². The molecule has 0 fully saturated rings. The molecule has 21 heavy (non-hydrogen) atoms. The second-order valence-electron chi connectivity index (χ2n) is 4.94. The minimum absolute atomic E-state index is 0.0652. The molecule has 0 saturated carbocycles. The summed E-state index contributed by atoms with van der Waals surface area (Å²) in [6.07, 6.45) is 1.41. The normalized spacial score (nSPS) is 13.1. The van der Waals surface area contributed by atoms with Gasteiger partial charge in [0.15, 0.2) is 6.61 Å². The van der Waals surface area contributed by atoms with Crippen molar-refractivity contribution in [2.75, 3.05) is 25.0 Å². The number of benzene rings is 1. The number of hydrogen-bond donors (Lipinski definition) is 3. The predicted molar refractivity (Wildman–Crippen MR) is 80.2 cm³/mol. The van der Waals surface area contributed by atoms with Gasteiger partial charge in [-0.3, -0.25) is 9.59 Å².